The van der Waals surface area contributed by atoms with Gasteiger partial charge in [0.05, 0.1) is 26.9 Å². The number of halogens is 1. The number of nitrogens with one attached hydrogen (secondary N) is 2. The summed E-state index contributed by atoms with van der Waals surface area (Å²) in [5, 5.41) is 5.96. The zero-order chi connectivity index (χ0) is 17.5. The van der Waals surface area contributed by atoms with E-state index in [0.29, 0.717) is 28.5 Å². The molecule has 2 aromatic rings. The van der Waals surface area contributed by atoms with Gasteiger partial charge in [-0.05, 0) is 36.9 Å². The molecule has 0 fully saturated rings. The number of rotatable bonds is 7. The largest absolute Gasteiger partial charge is 0.493 e. The molecule has 0 unspecified atom stereocenters. The van der Waals surface area contributed by atoms with Crippen LogP contribution in [-0.2, 0) is 6.54 Å². The van der Waals surface area contributed by atoms with E-state index in [2.05, 4.69) is 10.6 Å². The molecule has 6 nitrogen and oxygen atoms in total. The Kier molecular flexibility index (Phi) is 8.04. The van der Waals surface area contributed by atoms with Crippen LogP contribution in [0.2, 0.25) is 0 Å². The number of hydrogen-bond acceptors (Lipinski definition) is 5. The van der Waals surface area contributed by atoms with Gasteiger partial charge in [-0.15, -0.1) is 12.4 Å². The molecule has 0 aromatic heterocycles. The molecule has 2 aromatic carbocycles. The van der Waals surface area contributed by atoms with Crippen molar-refractivity contribution in [2.24, 2.45) is 0 Å². The average Bonchev–Trinajstić information content (AvgIpc) is 2.60. The monoisotopic (exact) mass is 366 g/mol. The van der Waals surface area contributed by atoms with Gasteiger partial charge in [-0.2, -0.15) is 0 Å². The second-order valence-corrected chi connectivity index (χ2v) is 5.07. The molecule has 2 rings (SSSR count). The molecular formula is C18H23ClN2O4. The molecule has 0 radical (unpaired) electrons. The maximum absolute atomic E-state index is 12.6. The summed E-state index contributed by atoms with van der Waals surface area (Å²) in [5.74, 6) is 0.939. The van der Waals surface area contributed by atoms with Gasteiger partial charge in [0, 0.05) is 12.2 Å². The van der Waals surface area contributed by atoms with Crippen LogP contribution in [-0.4, -0.2) is 34.3 Å². The first-order valence-electron chi connectivity index (χ1n) is 7.48. The van der Waals surface area contributed by atoms with Crippen LogP contribution in [0.1, 0.15) is 15.9 Å². The smallest absolute Gasteiger partial charge is 0.259 e. The Morgan fingerprint density at radius 1 is 1.00 bits per heavy atom. The van der Waals surface area contributed by atoms with Crippen LogP contribution >= 0.6 is 12.4 Å². The molecule has 1 amide bonds. The first-order chi connectivity index (χ1) is 11.6. The number of anilines is 1. The predicted molar refractivity (Wildman–Crippen MR) is 101 cm³/mol. The van der Waals surface area contributed by atoms with E-state index >= 15 is 0 Å². The molecule has 0 aliphatic carbocycles. The summed E-state index contributed by atoms with van der Waals surface area (Å²) in [4.78, 5) is 12.6. The van der Waals surface area contributed by atoms with Gasteiger partial charge in [-0.3, -0.25) is 4.79 Å². The number of carbonyl (C=O) groups excluding carboxylic acids is 1. The van der Waals surface area contributed by atoms with Crippen molar-refractivity contribution in [3.63, 3.8) is 0 Å². The van der Waals surface area contributed by atoms with Crippen molar-refractivity contribution in [1.29, 1.82) is 0 Å². The Labute approximate surface area is 153 Å². The van der Waals surface area contributed by atoms with E-state index in [0.717, 1.165) is 12.1 Å². The summed E-state index contributed by atoms with van der Waals surface area (Å²) in [6, 6.07) is 11.0. The molecular weight excluding hydrogens is 344 g/mol. The van der Waals surface area contributed by atoms with E-state index in [1.807, 2.05) is 31.3 Å². The minimum atomic E-state index is -0.283. The second kappa shape index (κ2) is 9.76. The number of methoxy groups -OCH3 is 3. The van der Waals surface area contributed by atoms with E-state index < -0.39 is 0 Å². The number of carbonyl (C=O) groups is 1. The Bertz CT molecular complexity index is 722. The lowest BCUT2D eigenvalue weighted by Crippen LogP contribution is -2.14. The lowest BCUT2D eigenvalue weighted by Gasteiger charge is -2.15. The summed E-state index contributed by atoms with van der Waals surface area (Å²) in [5.41, 5.74) is 2.16. The van der Waals surface area contributed by atoms with E-state index in [4.69, 9.17) is 14.2 Å². The van der Waals surface area contributed by atoms with Crippen LogP contribution in [0.5, 0.6) is 17.2 Å². The minimum absolute atomic E-state index is 0. The zero-order valence-electron chi connectivity index (χ0n) is 14.7. The molecule has 0 saturated carbocycles. The standard InChI is InChI=1S/C18H22N2O4.ClH/c1-19-11-12-6-5-7-13(10-12)20-18(21)14-8-9-15(22-2)17(24-4)16(14)23-3;/h5-10,19H,11H2,1-4H3,(H,20,21);1H. The molecule has 0 aliphatic rings. The van der Waals surface area contributed by atoms with E-state index in [1.165, 1.54) is 21.3 Å². The fourth-order valence-electron chi connectivity index (χ4n) is 2.44. The molecule has 0 aliphatic heterocycles. The first-order valence-corrected chi connectivity index (χ1v) is 7.48. The van der Waals surface area contributed by atoms with E-state index in [1.54, 1.807) is 12.1 Å². The van der Waals surface area contributed by atoms with Gasteiger partial charge >= 0.3 is 0 Å². The summed E-state index contributed by atoms with van der Waals surface area (Å²) in [7, 11) is 6.40. The summed E-state index contributed by atoms with van der Waals surface area (Å²) in [6.45, 7) is 0.726. The molecule has 2 N–H and O–H groups in total. The van der Waals surface area contributed by atoms with Crippen molar-refractivity contribution in [3.05, 3.63) is 47.5 Å². The third kappa shape index (κ3) is 4.78. The van der Waals surface area contributed by atoms with Crippen molar-refractivity contribution >= 4 is 24.0 Å². The van der Waals surface area contributed by atoms with Crippen molar-refractivity contribution in [1.82, 2.24) is 5.32 Å². The van der Waals surface area contributed by atoms with Gasteiger partial charge in [-0.25, -0.2) is 0 Å². The Morgan fingerprint density at radius 3 is 2.32 bits per heavy atom. The van der Waals surface area contributed by atoms with Crippen LogP contribution in [0, 0.1) is 0 Å². The van der Waals surface area contributed by atoms with Gasteiger partial charge in [0.25, 0.3) is 5.91 Å². The SMILES string of the molecule is CNCc1cccc(NC(=O)c2ccc(OC)c(OC)c2OC)c1.Cl. The third-order valence-electron chi connectivity index (χ3n) is 3.51. The number of amides is 1. The van der Waals surface area contributed by atoms with Crippen LogP contribution in [0.15, 0.2) is 36.4 Å². The normalized spacial score (nSPS) is 9.76. The van der Waals surface area contributed by atoms with Crippen LogP contribution < -0.4 is 24.8 Å². The van der Waals surface area contributed by atoms with Crippen LogP contribution in [0.25, 0.3) is 0 Å². The average molecular weight is 367 g/mol. The lowest BCUT2D eigenvalue weighted by molar-refractivity contribution is 0.102. The Hall–Kier alpha value is -2.44. The highest BCUT2D eigenvalue weighted by Gasteiger charge is 2.20. The molecule has 0 heterocycles. The molecule has 25 heavy (non-hydrogen) atoms. The maximum Gasteiger partial charge on any atom is 0.259 e. The third-order valence-corrected chi connectivity index (χ3v) is 3.51. The number of ether oxygens (including phenoxy) is 3. The Morgan fingerprint density at radius 2 is 1.72 bits per heavy atom. The zero-order valence-corrected chi connectivity index (χ0v) is 15.5. The fourth-order valence-corrected chi connectivity index (χ4v) is 2.44. The first kappa shape index (κ1) is 20.6. The minimum Gasteiger partial charge on any atom is -0.493 e. The number of hydrogen-bond donors (Lipinski definition) is 2. The van der Waals surface area contributed by atoms with Crippen molar-refractivity contribution in [2.75, 3.05) is 33.7 Å². The summed E-state index contributed by atoms with van der Waals surface area (Å²) >= 11 is 0. The van der Waals surface area contributed by atoms with E-state index in [9.17, 15) is 4.79 Å². The molecule has 0 atom stereocenters. The fraction of sp³-hybridized carbons (Fsp3) is 0.278. The van der Waals surface area contributed by atoms with Gasteiger partial charge in [0.1, 0.15) is 0 Å². The highest BCUT2D eigenvalue weighted by molar-refractivity contribution is 6.07. The molecule has 136 valence electrons. The highest BCUT2D eigenvalue weighted by atomic mass is 35.5. The maximum atomic E-state index is 12.6. The molecule has 0 bridgehead atoms. The summed E-state index contributed by atoms with van der Waals surface area (Å²) < 4.78 is 15.9. The van der Waals surface area contributed by atoms with Gasteiger partial charge in [-0.1, -0.05) is 12.1 Å². The quantitative estimate of drug-likeness (QED) is 0.788. The van der Waals surface area contributed by atoms with Gasteiger partial charge in [0.15, 0.2) is 11.5 Å². The topological polar surface area (TPSA) is 68.8 Å². The van der Waals surface area contributed by atoms with Crippen molar-refractivity contribution in [2.45, 2.75) is 6.54 Å². The summed E-state index contributed by atoms with van der Waals surface area (Å²) in [6.07, 6.45) is 0. The van der Waals surface area contributed by atoms with Crippen LogP contribution in [0.3, 0.4) is 0 Å². The molecule has 7 heteroatoms. The lowest BCUT2D eigenvalue weighted by atomic mass is 10.1. The van der Waals surface area contributed by atoms with Gasteiger partial charge < -0.3 is 24.8 Å². The Balaban J connectivity index is 0.00000312. The second-order valence-electron chi connectivity index (χ2n) is 5.07. The molecule has 0 saturated heterocycles. The van der Waals surface area contributed by atoms with Crippen LogP contribution in [0.4, 0.5) is 5.69 Å². The number of benzene rings is 2. The highest BCUT2D eigenvalue weighted by Crippen LogP contribution is 2.39. The van der Waals surface area contributed by atoms with E-state index in [-0.39, 0.29) is 18.3 Å². The van der Waals surface area contributed by atoms with Gasteiger partial charge in [0.2, 0.25) is 5.75 Å². The van der Waals surface area contributed by atoms with Crippen molar-refractivity contribution in [3.8, 4) is 17.2 Å². The predicted octanol–water partition coefficient (Wildman–Crippen LogP) is 3.11. The molecule has 0 spiro atoms. The van der Waals surface area contributed by atoms with Crippen molar-refractivity contribution < 1.29 is 19.0 Å².